The van der Waals surface area contributed by atoms with Gasteiger partial charge in [0.2, 0.25) is 5.91 Å². The number of aromatic nitrogens is 1. The highest BCUT2D eigenvalue weighted by Crippen LogP contribution is 2.19. The average molecular weight is 321 g/mol. The Hall–Kier alpha value is -2.01. The largest absolute Gasteiger partial charge is 0.321 e. The number of carbonyl (C=O) groups is 1. The Morgan fingerprint density at radius 3 is 2.68 bits per heavy atom. The van der Waals surface area contributed by atoms with Crippen LogP contribution >= 0.6 is 15.9 Å². The maximum atomic E-state index is 12.7. The molecule has 96 valence electrons. The lowest BCUT2D eigenvalue weighted by molar-refractivity contribution is -0.111. The van der Waals surface area contributed by atoms with Crippen LogP contribution in [0.2, 0.25) is 0 Å². The van der Waals surface area contributed by atoms with Gasteiger partial charge in [-0.15, -0.1) is 0 Å². The van der Waals surface area contributed by atoms with Gasteiger partial charge in [-0.1, -0.05) is 12.1 Å². The minimum atomic E-state index is -0.303. The Morgan fingerprint density at radius 1 is 1.26 bits per heavy atom. The topological polar surface area (TPSA) is 42.0 Å². The van der Waals surface area contributed by atoms with Crippen molar-refractivity contribution in [3.8, 4) is 0 Å². The summed E-state index contributed by atoms with van der Waals surface area (Å²) in [6, 6.07) is 7.57. The zero-order valence-electron chi connectivity index (χ0n) is 9.81. The van der Waals surface area contributed by atoms with E-state index in [1.807, 2.05) is 0 Å². The number of rotatable bonds is 3. The van der Waals surface area contributed by atoms with Crippen LogP contribution in [0.3, 0.4) is 0 Å². The number of nitrogens with zero attached hydrogens (tertiary/aromatic N) is 1. The Kier molecular flexibility index (Phi) is 4.41. The molecule has 0 unspecified atom stereocenters. The summed E-state index contributed by atoms with van der Waals surface area (Å²) in [7, 11) is 0. The average Bonchev–Trinajstić information content (AvgIpc) is 2.41. The molecule has 1 aromatic heterocycles. The number of amides is 1. The van der Waals surface area contributed by atoms with Crippen molar-refractivity contribution in [2.45, 2.75) is 0 Å². The molecular formula is C14H10BrFN2O. The van der Waals surface area contributed by atoms with Crippen molar-refractivity contribution in [1.29, 1.82) is 0 Å². The first-order valence-corrected chi connectivity index (χ1v) is 6.28. The van der Waals surface area contributed by atoms with Gasteiger partial charge in [0.15, 0.2) is 0 Å². The summed E-state index contributed by atoms with van der Waals surface area (Å²) in [5, 5.41) is 2.71. The van der Waals surface area contributed by atoms with Gasteiger partial charge < -0.3 is 5.32 Å². The second-order valence-electron chi connectivity index (χ2n) is 3.73. The van der Waals surface area contributed by atoms with Crippen molar-refractivity contribution < 1.29 is 9.18 Å². The molecule has 0 radical (unpaired) electrons. The molecule has 0 bridgehead atoms. The van der Waals surface area contributed by atoms with Crippen molar-refractivity contribution in [3.05, 3.63) is 64.7 Å². The van der Waals surface area contributed by atoms with Crippen molar-refractivity contribution in [2.24, 2.45) is 0 Å². The number of carbonyl (C=O) groups excluding carboxylic acids is 1. The first-order valence-electron chi connectivity index (χ1n) is 5.49. The van der Waals surface area contributed by atoms with Crippen LogP contribution < -0.4 is 5.32 Å². The Morgan fingerprint density at radius 2 is 2.00 bits per heavy atom. The van der Waals surface area contributed by atoms with E-state index >= 15 is 0 Å². The fourth-order valence-electron chi connectivity index (χ4n) is 1.40. The summed E-state index contributed by atoms with van der Waals surface area (Å²) in [5.74, 6) is -0.571. The smallest absolute Gasteiger partial charge is 0.248 e. The van der Waals surface area contributed by atoms with E-state index in [1.165, 1.54) is 18.2 Å². The van der Waals surface area contributed by atoms with Crippen LogP contribution in [0.25, 0.3) is 6.08 Å². The second kappa shape index (κ2) is 6.24. The van der Waals surface area contributed by atoms with Crippen LogP contribution in [0.4, 0.5) is 10.1 Å². The molecule has 0 aliphatic carbocycles. The molecule has 0 saturated heterocycles. The Labute approximate surface area is 118 Å². The molecule has 0 aliphatic heterocycles. The number of nitrogens with one attached hydrogen (secondary N) is 1. The van der Waals surface area contributed by atoms with E-state index in [1.54, 1.807) is 36.7 Å². The predicted octanol–water partition coefficient (Wildman–Crippen LogP) is 3.64. The van der Waals surface area contributed by atoms with Crippen LogP contribution in [0, 0.1) is 5.82 Å². The fourth-order valence-corrected chi connectivity index (χ4v) is 1.75. The quantitative estimate of drug-likeness (QED) is 0.877. The van der Waals surface area contributed by atoms with Gasteiger partial charge in [-0.2, -0.15) is 0 Å². The van der Waals surface area contributed by atoms with E-state index < -0.39 is 0 Å². The third-order valence-electron chi connectivity index (χ3n) is 2.33. The van der Waals surface area contributed by atoms with Crippen LogP contribution in [0.15, 0.2) is 53.3 Å². The van der Waals surface area contributed by atoms with Crippen LogP contribution in [-0.2, 0) is 4.79 Å². The Bertz CT molecular complexity index is 611. The monoisotopic (exact) mass is 320 g/mol. The molecule has 19 heavy (non-hydrogen) atoms. The lowest BCUT2D eigenvalue weighted by Gasteiger charge is -2.03. The number of pyridine rings is 1. The van der Waals surface area contributed by atoms with Gasteiger partial charge in [-0.05, 0) is 45.8 Å². The molecule has 1 heterocycles. The van der Waals surface area contributed by atoms with Gasteiger partial charge in [0, 0.05) is 18.5 Å². The van der Waals surface area contributed by atoms with Gasteiger partial charge >= 0.3 is 0 Å². The second-order valence-corrected chi connectivity index (χ2v) is 4.58. The third-order valence-corrected chi connectivity index (χ3v) is 2.96. The summed E-state index contributed by atoms with van der Waals surface area (Å²) < 4.78 is 13.4. The van der Waals surface area contributed by atoms with E-state index in [9.17, 15) is 9.18 Å². The first kappa shape index (κ1) is 13.4. The molecule has 2 aromatic rings. The van der Waals surface area contributed by atoms with Gasteiger partial charge in [-0.3, -0.25) is 9.78 Å². The van der Waals surface area contributed by atoms with Crippen molar-refractivity contribution >= 4 is 33.6 Å². The van der Waals surface area contributed by atoms with Gasteiger partial charge in [0.05, 0.1) is 10.2 Å². The van der Waals surface area contributed by atoms with Gasteiger partial charge in [-0.25, -0.2) is 4.39 Å². The van der Waals surface area contributed by atoms with Gasteiger partial charge in [0.1, 0.15) is 5.82 Å². The predicted molar refractivity (Wildman–Crippen MR) is 76.0 cm³/mol. The number of halogens is 2. The highest BCUT2D eigenvalue weighted by molar-refractivity contribution is 9.10. The molecule has 1 amide bonds. The van der Waals surface area contributed by atoms with E-state index in [0.29, 0.717) is 10.2 Å². The summed E-state index contributed by atoms with van der Waals surface area (Å²) in [4.78, 5) is 15.6. The van der Waals surface area contributed by atoms with Crippen LogP contribution in [0.5, 0.6) is 0 Å². The maximum Gasteiger partial charge on any atom is 0.248 e. The van der Waals surface area contributed by atoms with Crippen LogP contribution in [0.1, 0.15) is 5.56 Å². The summed E-state index contributed by atoms with van der Waals surface area (Å²) >= 11 is 3.29. The molecule has 0 fully saturated rings. The zero-order chi connectivity index (χ0) is 13.7. The van der Waals surface area contributed by atoms with E-state index in [2.05, 4.69) is 26.2 Å². The molecule has 0 saturated carbocycles. The summed E-state index contributed by atoms with van der Waals surface area (Å²) in [6.07, 6.45) is 6.19. The highest BCUT2D eigenvalue weighted by Gasteiger charge is 2.01. The standard InChI is InChI=1S/C14H10BrFN2O/c15-12-9-17-8-7-13(12)18-14(19)6-3-10-1-4-11(16)5-2-10/h1-9H,(H,17,18,19)/b6-3+. The SMILES string of the molecule is O=C(/C=C/c1ccc(F)cc1)Nc1ccncc1Br. The molecule has 0 spiro atoms. The van der Waals surface area contributed by atoms with Crippen LogP contribution in [-0.4, -0.2) is 10.9 Å². The molecular weight excluding hydrogens is 311 g/mol. The third kappa shape index (κ3) is 3.99. The van der Waals surface area contributed by atoms with E-state index in [0.717, 1.165) is 5.56 Å². The molecule has 3 nitrogen and oxygen atoms in total. The number of hydrogen-bond acceptors (Lipinski definition) is 2. The number of benzene rings is 1. The molecule has 5 heteroatoms. The van der Waals surface area contributed by atoms with Crippen molar-refractivity contribution in [1.82, 2.24) is 4.98 Å². The normalized spacial score (nSPS) is 10.6. The first-order chi connectivity index (χ1) is 9.15. The maximum absolute atomic E-state index is 12.7. The van der Waals surface area contributed by atoms with Crippen molar-refractivity contribution in [3.63, 3.8) is 0 Å². The van der Waals surface area contributed by atoms with E-state index in [4.69, 9.17) is 0 Å². The fraction of sp³-hybridized carbons (Fsp3) is 0. The number of hydrogen-bond donors (Lipinski definition) is 1. The highest BCUT2D eigenvalue weighted by atomic mass is 79.9. The molecule has 2 rings (SSSR count). The minimum Gasteiger partial charge on any atom is -0.321 e. The minimum absolute atomic E-state index is 0.267. The number of anilines is 1. The van der Waals surface area contributed by atoms with Gasteiger partial charge in [0.25, 0.3) is 0 Å². The molecule has 1 N–H and O–H groups in total. The Balaban J connectivity index is 2.02. The molecule has 0 atom stereocenters. The zero-order valence-corrected chi connectivity index (χ0v) is 11.4. The van der Waals surface area contributed by atoms with Crippen molar-refractivity contribution in [2.75, 3.05) is 5.32 Å². The lowest BCUT2D eigenvalue weighted by Crippen LogP contribution is -2.08. The summed E-state index contributed by atoms with van der Waals surface area (Å²) in [5.41, 5.74) is 1.40. The lowest BCUT2D eigenvalue weighted by atomic mass is 10.2. The van der Waals surface area contributed by atoms with E-state index in [-0.39, 0.29) is 11.7 Å². The summed E-state index contributed by atoms with van der Waals surface area (Å²) in [6.45, 7) is 0. The molecule has 0 aliphatic rings. The molecule has 1 aromatic carbocycles.